The van der Waals surface area contributed by atoms with Crippen molar-refractivity contribution in [2.45, 2.75) is 18.1 Å². The molecule has 0 aliphatic carbocycles. The van der Waals surface area contributed by atoms with E-state index in [1.165, 1.54) is 24.1 Å². The van der Waals surface area contributed by atoms with Crippen LogP contribution in [0.4, 0.5) is 15.9 Å². The molecule has 1 fully saturated rings. The molecule has 0 radical (unpaired) electrons. The van der Waals surface area contributed by atoms with Gasteiger partial charge in [0.1, 0.15) is 5.82 Å². The highest BCUT2D eigenvalue weighted by Gasteiger charge is 2.31. The summed E-state index contributed by atoms with van der Waals surface area (Å²) in [5, 5.41) is 22.2. The highest BCUT2D eigenvalue weighted by atomic mass is 35.5. The summed E-state index contributed by atoms with van der Waals surface area (Å²) in [4.78, 5) is 1.33. The summed E-state index contributed by atoms with van der Waals surface area (Å²) < 4.78 is 45.6. The van der Waals surface area contributed by atoms with Crippen LogP contribution in [0.3, 0.4) is 0 Å². The highest BCUT2D eigenvalue weighted by Crippen LogP contribution is 2.25. The van der Waals surface area contributed by atoms with E-state index in [9.17, 15) is 18.0 Å². The Kier molecular flexibility index (Phi) is 6.01. The Labute approximate surface area is 165 Å². The first-order chi connectivity index (χ1) is 13.3. The first-order valence-electron chi connectivity index (χ1n) is 8.29. The van der Waals surface area contributed by atoms with Crippen LogP contribution in [0.5, 0.6) is 0 Å². The van der Waals surface area contributed by atoms with Crippen molar-refractivity contribution in [3.8, 4) is 0 Å². The normalized spacial score (nSPS) is 16.2. The Bertz CT molecular complexity index is 977. The van der Waals surface area contributed by atoms with Crippen LogP contribution in [-0.2, 0) is 10.0 Å². The van der Waals surface area contributed by atoms with E-state index in [2.05, 4.69) is 30.1 Å². The zero-order valence-corrected chi connectivity index (χ0v) is 16.3. The second-order valence-corrected chi connectivity index (χ2v) is 8.51. The third kappa shape index (κ3) is 4.18. The Hall–Kier alpha value is -2.44. The standard InChI is InChI=1S/C15H18ClFN6O4S/c1-23(9-2-3-12(17)11(16)8-9)15(19-24)13-14(21-27-20-13)22-28(25,26)10-4-6-18-7-5-10/h2-3,8,10,18,24H,4-7H2,1H3,(H,21,22). The summed E-state index contributed by atoms with van der Waals surface area (Å²) in [5.74, 6) is -1.00. The van der Waals surface area contributed by atoms with E-state index < -0.39 is 21.1 Å². The maximum absolute atomic E-state index is 13.4. The second kappa shape index (κ2) is 8.29. The number of sulfonamides is 1. The van der Waals surface area contributed by atoms with Gasteiger partial charge in [0.05, 0.1) is 10.3 Å². The quantitative estimate of drug-likeness (QED) is 0.281. The van der Waals surface area contributed by atoms with E-state index in [-0.39, 0.29) is 22.4 Å². The third-order valence-electron chi connectivity index (χ3n) is 4.37. The number of anilines is 2. The van der Waals surface area contributed by atoms with Crippen molar-refractivity contribution < 1.29 is 22.6 Å². The molecule has 1 saturated heterocycles. The van der Waals surface area contributed by atoms with E-state index in [1.807, 2.05) is 0 Å². The fourth-order valence-corrected chi connectivity index (χ4v) is 4.42. The maximum atomic E-state index is 13.4. The number of halogens is 2. The van der Waals surface area contributed by atoms with Crippen LogP contribution in [0.25, 0.3) is 0 Å². The Morgan fingerprint density at radius 1 is 1.43 bits per heavy atom. The molecule has 1 aromatic heterocycles. The zero-order chi connectivity index (χ0) is 20.3. The summed E-state index contributed by atoms with van der Waals surface area (Å²) in [6.07, 6.45) is 0.899. The molecule has 1 aliphatic heterocycles. The molecule has 13 heteroatoms. The number of nitrogens with zero attached hydrogens (tertiary/aromatic N) is 4. The van der Waals surface area contributed by atoms with Crippen LogP contribution in [0, 0.1) is 5.82 Å². The monoisotopic (exact) mass is 432 g/mol. The lowest BCUT2D eigenvalue weighted by Gasteiger charge is -2.23. The summed E-state index contributed by atoms with van der Waals surface area (Å²) in [6.45, 7) is 1.18. The second-order valence-electron chi connectivity index (χ2n) is 6.14. The number of nitrogens with one attached hydrogen (secondary N) is 2. The van der Waals surface area contributed by atoms with E-state index in [0.717, 1.165) is 6.07 Å². The van der Waals surface area contributed by atoms with Gasteiger partial charge in [-0.15, -0.1) is 0 Å². The van der Waals surface area contributed by atoms with Gasteiger partial charge < -0.3 is 15.4 Å². The molecule has 0 amide bonds. The van der Waals surface area contributed by atoms with Crippen molar-refractivity contribution >= 4 is 39.0 Å². The minimum absolute atomic E-state index is 0.133. The number of hydrogen-bond donors (Lipinski definition) is 3. The van der Waals surface area contributed by atoms with Crippen molar-refractivity contribution in [2.24, 2.45) is 5.16 Å². The van der Waals surface area contributed by atoms with Crippen molar-refractivity contribution in [3.63, 3.8) is 0 Å². The maximum Gasteiger partial charge on any atom is 0.237 e. The minimum Gasteiger partial charge on any atom is -0.409 e. The fourth-order valence-electron chi connectivity index (χ4n) is 2.82. The summed E-state index contributed by atoms with van der Waals surface area (Å²) in [6, 6.07) is 3.86. The van der Waals surface area contributed by atoms with Gasteiger partial charge >= 0.3 is 0 Å². The number of hydrogen-bond acceptors (Lipinski definition) is 8. The number of benzene rings is 1. The van der Waals surface area contributed by atoms with E-state index in [4.69, 9.17) is 11.6 Å². The summed E-state index contributed by atoms with van der Waals surface area (Å²) in [7, 11) is -2.25. The van der Waals surface area contributed by atoms with Crippen molar-refractivity contribution in [1.29, 1.82) is 0 Å². The molecule has 2 heterocycles. The first-order valence-corrected chi connectivity index (χ1v) is 10.2. The molecule has 3 N–H and O–H groups in total. The average Bonchev–Trinajstić information content (AvgIpc) is 3.12. The molecule has 2 aromatic rings. The first kappa shape index (κ1) is 20.3. The Morgan fingerprint density at radius 2 is 2.14 bits per heavy atom. The lowest BCUT2D eigenvalue weighted by Crippen LogP contribution is -2.39. The molecule has 28 heavy (non-hydrogen) atoms. The Morgan fingerprint density at radius 3 is 2.79 bits per heavy atom. The van der Waals surface area contributed by atoms with E-state index >= 15 is 0 Å². The molecule has 0 spiro atoms. The number of aromatic nitrogens is 2. The predicted octanol–water partition coefficient (Wildman–Crippen LogP) is 1.63. The Balaban J connectivity index is 1.87. The van der Waals surface area contributed by atoms with Gasteiger partial charge in [-0.1, -0.05) is 16.8 Å². The fraction of sp³-hybridized carbons (Fsp3) is 0.400. The van der Waals surface area contributed by atoms with Crippen LogP contribution < -0.4 is 14.9 Å². The van der Waals surface area contributed by atoms with Crippen molar-refractivity contribution in [1.82, 2.24) is 15.6 Å². The molecule has 10 nitrogen and oxygen atoms in total. The number of oxime groups is 1. The molecule has 1 aromatic carbocycles. The molecule has 1 aliphatic rings. The molecule has 3 rings (SSSR count). The third-order valence-corrected chi connectivity index (χ3v) is 6.48. The van der Waals surface area contributed by atoms with Gasteiger partial charge in [0.25, 0.3) is 0 Å². The molecular formula is C15H18ClFN6O4S. The SMILES string of the molecule is CN(C(=NO)c1nonc1NS(=O)(=O)C1CCNCC1)c1ccc(F)c(Cl)c1. The molecular weight excluding hydrogens is 415 g/mol. The average molecular weight is 433 g/mol. The van der Waals surface area contributed by atoms with Crippen LogP contribution in [0.2, 0.25) is 5.02 Å². The number of amidine groups is 1. The van der Waals surface area contributed by atoms with Crippen LogP contribution in [-0.4, -0.2) is 55.2 Å². The smallest absolute Gasteiger partial charge is 0.237 e. The molecule has 152 valence electrons. The predicted molar refractivity (Wildman–Crippen MR) is 101 cm³/mol. The lowest BCUT2D eigenvalue weighted by molar-refractivity contribution is 0.304. The van der Waals surface area contributed by atoms with Crippen molar-refractivity contribution in [2.75, 3.05) is 29.8 Å². The van der Waals surface area contributed by atoms with Gasteiger partial charge in [0.15, 0.2) is 5.69 Å². The van der Waals surface area contributed by atoms with Gasteiger partial charge in [-0.3, -0.25) is 4.72 Å². The molecule has 0 atom stereocenters. The zero-order valence-electron chi connectivity index (χ0n) is 14.8. The number of piperidine rings is 1. The van der Waals surface area contributed by atoms with Crippen LogP contribution >= 0.6 is 11.6 Å². The van der Waals surface area contributed by atoms with Gasteiger partial charge in [0.2, 0.25) is 21.7 Å². The highest BCUT2D eigenvalue weighted by molar-refractivity contribution is 7.93. The van der Waals surface area contributed by atoms with Crippen LogP contribution in [0.1, 0.15) is 18.5 Å². The summed E-state index contributed by atoms with van der Waals surface area (Å²) in [5.41, 5.74) is 0.234. The molecule has 0 unspecified atom stereocenters. The van der Waals surface area contributed by atoms with Gasteiger partial charge in [0, 0.05) is 12.7 Å². The molecule has 0 bridgehead atoms. The van der Waals surface area contributed by atoms with E-state index in [1.54, 1.807) is 0 Å². The van der Waals surface area contributed by atoms with Crippen molar-refractivity contribution in [3.05, 3.63) is 34.7 Å². The van der Waals surface area contributed by atoms with Gasteiger partial charge in [-0.05, 0) is 54.4 Å². The number of rotatable bonds is 5. The topological polar surface area (TPSA) is 133 Å². The van der Waals surface area contributed by atoms with Crippen LogP contribution in [0.15, 0.2) is 28.0 Å². The van der Waals surface area contributed by atoms with Gasteiger partial charge in [-0.2, -0.15) is 0 Å². The van der Waals surface area contributed by atoms with Gasteiger partial charge in [-0.25, -0.2) is 17.4 Å². The lowest BCUT2D eigenvalue weighted by atomic mass is 10.2. The minimum atomic E-state index is -3.75. The molecule has 0 saturated carbocycles. The largest absolute Gasteiger partial charge is 0.409 e. The summed E-state index contributed by atoms with van der Waals surface area (Å²) >= 11 is 5.79. The van der Waals surface area contributed by atoms with E-state index in [0.29, 0.717) is 31.6 Å².